The average molecular weight is 409 g/mol. The first-order chi connectivity index (χ1) is 12.7. The highest BCUT2D eigenvalue weighted by Crippen LogP contribution is 2.31. The van der Waals surface area contributed by atoms with Gasteiger partial charge in [-0.1, -0.05) is 37.6 Å². The Bertz CT molecular complexity index is 898. The molecule has 2 aromatic rings. The van der Waals surface area contributed by atoms with Crippen LogP contribution in [-0.2, 0) is 10.0 Å². The summed E-state index contributed by atoms with van der Waals surface area (Å²) < 4.78 is 33.9. The lowest BCUT2D eigenvalue weighted by Crippen LogP contribution is -2.21. The molecule has 0 amide bonds. The summed E-state index contributed by atoms with van der Waals surface area (Å²) >= 11 is 6.23. The zero-order chi connectivity index (χ0) is 19.6. The fraction of sp³-hybridized carbons (Fsp3) is 0.400. The summed E-state index contributed by atoms with van der Waals surface area (Å²) in [6, 6.07) is 11.9. The van der Waals surface area contributed by atoms with Gasteiger partial charge in [0, 0.05) is 19.2 Å². The predicted octanol–water partition coefficient (Wildman–Crippen LogP) is 4.35. The molecule has 1 N–H and O–H groups in total. The van der Waals surface area contributed by atoms with Gasteiger partial charge >= 0.3 is 0 Å². The van der Waals surface area contributed by atoms with E-state index in [4.69, 9.17) is 16.3 Å². The van der Waals surface area contributed by atoms with Crippen LogP contribution in [0.3, 0.4) is 0 Å². The van der Waals surface area contributed by atoms with Crippen molar-refractivity contribution in [3.63, 3.8) is 0 Å². The van der Waals surface area contributed by atoms with Gasteiger partial charge in [-0.2, -0.15) is 0 Å². The minimum Gasteiger partial charge on any atom is -0.487 e. The molecule has 2 aromatic carbocycles. The Hall–Kier alpha value is -1.76. The summed E-state index contributed by atoms with van der Waals surface area (Å²) in [5.74, 6) is 0.840. The maximum absolute atomic E-state index is 12.7. The minimum atomic E-state index is -3.68. The Labute approximate surface area is 166 Å². The third-order valence-corrected chi connectivity index (χ3v) is 6.39. The van der Waals surface area contributed by atoms with Gasteiger partial charge in [-0.25, -0.2) is 8.42 Å². The molecule has 1 atom stereocenters. The molecule has 0 spiro atoms. The molecular weight excluding hydrogens is 384 g/mol. The van der Waals surface area contributed by atoms with Crippen LogP contribution in [0.25, 0.3) is 0 Å². The predicted molar refractivity (Wildman–Crippen MR) is 109 cm³/mol. The number of likely N-dealkylation sites (tertiary alicyclic amines) is 1. The second-order valence-corrected chi connectivity index (χ2v) is 9.35. The quantitative estimate of drug-likeness (QED) is 0.772. The Kier molecular flexibility index (Phi) is 5.99. The van der Waals surface area contributed by atoms with Crippen LogP contribution in [0.4, 0.5) is 5.69 Å². The van der Waals surface area contributed by atoms with Gasteiger partial charge in [-0.3, -0.25) is 4.72 Å². The largest absolute Gasteiger partial charge is 0.487 e. The molecule has 0 unspecified atom stereocenters. The van der Waals surface area contributed by atoms with Crippen molar-refractivity contribution in [3.8, 4) is 5.75 Å². The van der Waals surface area contributed by atoms with Crippen molar-refractivity contribution < 1.29 is 13.2 Å². The van der Waals surface area contributed by atoms with Gasteiger partial charge < -0.3 is 9.64 Å². The number of hydrogen-bond donors (Lipinski definition) is 1. The van der Waals surface area contributed by atoms with Gasteiger partial charge in [-0.15, -0.1) is 0 Å². The number of sulfonamides is 1. The summed E-state index contributed by atoms with van der Waals surface area (Å²) in [4.78, 5) is 2.41. The van der Waals surface area contributed by atoms with E-state index in [0.717, 1.165) is 25.1 Å². The topological polar surface area (TPSA) is 58.6 Å². The molecule has 1 aliphatic heterocycles. The molecule has 5 nitrogen and oxygen atoms in total. The molecule has 1 fully saturated rings. The lowest BCUT2D eigenvalue weighted by Gasteiger charge is -2.16. The van der Waals surface area contributed by atoms with Gasteiger partial charge in [0.15, 0.2) is 0 Å². The van der Waals surface area contributed by atoms with Gasteiger partial charge in [0.2, 0.25) is 0 Å². The summed E-state index contributed by atoms with van der Waals surface area (Å²) in [6.45, 7) is 5.94. The number of nitrogens with one attached hydrogen (secondary N) is 1. The number of rotatable bonds is 6. The zero-order valence-electron chi connectivity index (χ0n) is 15.8. The molecule has 1 heterocycles. The van der Waals surface area contributed by atoms with Crippen LogP contribution in [0, 0.1) is 0 Å². The minimum absolute atomic E-state index is 0.0583. The SMILES string of the molecule is CC(C)c1ccc(S(=O)(=O)Nc2ccc(Cl)c(O[C@@H]3CCN(C)C3)c2)cc1. The normalized spacial score (nSPS) is 18.0. The average Bonchev–Trinajstić information content (AvgIpc) is 3.02. The lowest BCUT2D eigenvalue weighted by atomic mass is 10.0. The number of halogens is 1. The molecule has 27 heavy (non-hydrogen) atoms. The Morgan fingerprint density at radius 2 is 1.89 bits per heavy atom. The number of hydrogen-bond acceptors (Lipinski definition) is 4. The summed E-state index contributed by atoms with van der Waals surface area (Å²) in [5.41, 5.74) is 1.52. The van der Waals surface area contributed by atoms with Gasteiger partial charge in [-0.05, 0) is 49.2 Å². The molecule has 1 saturated heterocycles. The van der Waals surface area contributed by atoms with Gasteiger partial charge in [0.05, 0.1) is 15.6 Å². The first-order valence-electron chi connectivity index (χ1n) is 9.02. The first kappa shape index (κ1) is 20.0. The molecule has 0 saturated carbocycles. The van der Waals surface area contributed by atoms with E-state index in [9.17, 15) is 8.42 Å². The summed E-state index contributed by atoms with van der Waals surface area (Å²) in [5, 5.41) is 0.466. The summed E-state index contributed by atoms with van der Waals surface area (Å²) in [6.07, 6.45) is 0.980. The fourth-order valence-electron chi connectivity index (χ4n) is 3.07. The Balaban J connectivity index is 1.77. The molecule has 1 aliphatic rings. The Morgan fingerprint density at radius 3 is 2.48 bits per heavy atom. The van der Waals surface area contributed by atoms with Crippen LogP contribution < -0.4 is 9.46 Å². The Morgan fingerprint density at radius 1 is 1.19 bits per heavy atom. The molecule has 0 radical (unpaired) electrons. The lowest BCUT2D eigenvalue weighted by molar-refractivity contribution is 0.208. The van der Waals surface area contributed by atoms with Crippen LogP contribution in [-0.4, -0.2) is 39.6 Å². The maximum atomic E-state index is 12.7. The standard InChI is InChI=1S/C20H25ClN2O3S/c1-14(2)15-4-7-18(8-5-15)27(24,25)22-16-6-9-19(21)20(12-16)26-17-10-11-23(3)13-17/h4-9,12,14,17,22H,10-11,13H2,1-3H3/t17-/m1/s1. The van der Waals surface area contributed by atoms with Crippen molar-refractivity contribution in [2.45, 2.75) is 37.2 Å². The van der Waals surface area contributed by atoms with Crippen LogP contribution in [0.5, 0.6) is 5.75 Å². The second kappa shape index (κ2) is 8.09. The number of nitrogens with zero attached hydrogens (tertiary/aromatic N) is 1. The highest BCUT2D eigenvalue weighted by Gasteiger charge is 2.22. The van der Waals surface area contributed by atoms with Crippen molar-refractivity contribution in [1.82, 2.24) is 4.90 Å². The van der Waals surface area contributed by atoms with E-state index in [2.05, 4.69) is 23.5 Å². The number of ether oxygens (including phenoxy) is 1. The van der Waals surface area contributed by atoms with E-state index < -0.39 is 10.0 Å². The van der Waals surface area contributed by atoms with Crippen LogP contribution in [0.1, 0.15) is 31.7 Å². The third kappa shape index (κ3) is 4.94. The van der Waals surface area contributed by atoms with Crippen LogP contribution >= 0.6 is 11.6 Å². The smallest absolute Gasteiger partial charge is 0.261 e. The molecule has 3 rings (SSSR count). The van der Waals surface area contributed by atoms with Crippen molar-refractivity contribution in [2.75, 3.05) is 24.9 Å². The number of likely N-dealkylation sites (N-methyl/N-ethyl adjacent to an activating group) is 1. The number of anilines is 1. The molecule has 7 heteroatoms. The maximum Gasteiger partial charge on any atom is 0.261 e. The summed E-state index contributed by atoms with van der Waals surface area (Å²) in [7, 11) is -1.64. The van der Waals surface area contributed by atoms with E-state index in [0.29, 0.717) is 22.4 Å². The van der Waals surface area contributed by atoms with E-state index in [-0.39, 0.29) is 11.0 Å². The molecular formula is C20H25ClN2O3S. The van der Waals surface area contributed by atoms with Gasteiger partial charge in [0.1, 0.15) is 11.9 Å². The second-order valence-electron chi connectivity index (χ2n) is 7.27. The number of benzene rings is 2. The highest BCUT2D eigenvalue weighted by atomic mass is 35.5. The van der Waals surface area contributed by atoms with Crippen LogP contribution in [0.2, 0.25) is 5.02 Å². The van der Waals surface area contributed by atoms with Crippen molar-refractivity contribution in [1.29, 1.82) is 0 Å². The molecule has 0 bridgehead atoms. The highest BCUT2D eigenvalue weighted by molar-refractivity contribution is 7.92. The molecule has 0 aromatic heterocycles. The van der Waals surface area contributed by atoms with E-state index in [1.165, 1.54) is 0 Å². The van der Waals surface area contributed by atoms with Crippen LogP contribution in [0.15, 0.2) is 47.4 Å². The van der Waals surface area contributed by atoms with Crippen molar-refractivity contribution >= 4 is 27.3 Å². The van der Waals surface area contributed by atoms with E-state index in [1.54, 1.807) is 30.3 Å². The first-order valence-corrected chi connectivity index (χ1v) is 10.9. The third-order valence-electron chi connectivity index (χ3n) is 4.68. The van der Waals surface area contributed by atoms with E-state index in [1.807, 2.05) is 19.2 Å². The molecule has 146 valence electrons. The monoisotopic (exact) mass is 408 g/mol. The van der Waals surface area contributed by atoms with Crippen molar-refractivity contribution in [2.24, 2.45) is 0 Å². The molecule has 0 aliphatic carbocycles. The zero-order valence-corrected chi connectivity index (χ0v) is 17.3. The van der Waals surface area contributed by atoms with E-state index >= 15 is 0 Å². The van der Waals surface area contributed by atoms with Crippen molar-refractivity contribution in [3.05, 3.63) is 53.1 Å². The fourth-order valence-corrected chi connectivity index (χ4v) is 4.29. The van der Waals surface area contributed by atoms with Gasteiger partial charge in [0.25, 0.3) is 10.0 Å².